The van der Waals surface area contributed by atoms with Crippen LogP contribution in [0.15, 0.2) is 158 Å². The highest BCUT2D eigenvalue weighted by Gasteiger charge is 2.30. The molecule has 628 valence electrons. The van der Waals surface area contributed by atoms with Gasteiger partial charge in [0.1, 0.15) is 19.3 Å². The number of unbranched alkanes of at least 4 members (excludes halogenated alkanes) is 27. The highest BCUT2D eigenvalue weighted by Crippen LogP contribution is 2.45. The summed E-state index contributed by atoms with van der Waals surface area (Å²) in [5.74, 6) is -2.25. The maximum atomic E-state index is 13.1. The van der Waals surface area contributed by atoms with E-state index < -0.39 is 97.5 Å². The van der Waals surface area contributed by atoms with Gasteiger partial charge in [-0.1, -0.05) is 295 Å². The quantitative estimate of drug-likeness (QED) is 0.0169. The zero-order chi connectivity index (χ0) is 80.3. The lowest BCUT2D eigenvalue weighted by molar-refractivity contribution is -0.161. The average molecular weight is 1580 g/mol. The van der Waals surface area contributed by atoms with Gasteiger partial charge in [0.05, 0.1) is 26.4 Å². The van der Waals surface area contributed by atoms with E-state index in [1.54, 1.807) is 0 Å². The minimum Gasteiger partial charge on any atom is -0.462 e. The molecule has 0 aromatic heterocycles. The zero-order valence-electron chi connectivity index (χ0n) is 68.9. The fraction of sp³-hybridized carbons (Fsp3) is 0.670. The summed E-state index contributed by atoms with van der Waals surface area (Å²) in [5.41, 5.74) is 0. The van der Waals surface area contributed by atoms with Crippen molar-refractivity contribution in [3.63, 3.8) is 0 Å². The van der Waals surface area contributed by atoms with Crippen LogP contribution in [0.2, 0.25) is 0 Å². The van der Waals surface area contributed by atoms with Gasteiger partial charge in [-0.25, -0.2) is 9.13 Å². The molecule has 0 fully saturated rings. The monoisotopic (exact) mass is 1580 g/mol. The Labute approximate surface area is 668 Å². The van der Waals surface area contributed by atoms with E-state index in [1.807, 2.05) is 0 Å². The summed E-state index contributed by atoms with van der Waals surface area (Å²) in [4.78, 5) is 73.3. The number of esters is 4. The van der Waals surface area contributed by atoms with Gasteiger partial charge in [-0.2, -0.15) is 0 Å². The van der Waals surface area contributed by atoms with Crippen molar-refractivity contribution >= 4 is 39.5 Å². The number of hydrogen-bond donors (Lipinski definition) is 3. The molecule has 0 saturated carbocycles. The van der Waals surface area contributed by atoms with Crippen molar-refractivity contribution in [3.8, 4) is 0 Å². The third-order valence-electron chi connectivity index (χ3n) is 17.5. The van der Waals surface area contributed by atoms with Gasteiger partial charge in [0.25, 0.3) is 0 Å². The first-order valence-corrected chi connectivity index (χ1v) is 45.7. The summed E-state index contributed by atoms with van der Waals surface area (Å²) < 4.78 is 68.8. The van der Waals surface area contributed by atoms with Crippen molar-refractivity contribution in [3.05, 3.63) is 158 Å². The van der Waals surface area contributed by atoms with E-state index in [1.165, 1.54) is 38.5 Å². The van der Waals surface area contributed by atoms with Crippen LogP contribution < -0.4 is 0 Å². The van der Waals surface area contributed by atoms with Crippen molar-refractivity contribution in [1.82, 2.24) is 0 Å². The normalized spacial score (nSPS) is 14.6. The van der Waals surface area contributed by atoms with Gasteiger partial charge in [-0.15, -0.1) is 0 Å². The number of rotatable bonds is 79. The molecule has 0 aromatic carbocycles. The fourth-order valence-corrected chi connectivity index (χ4v) is 12.6. The topological polar surface area (TPSA) is 237 Å². The summed E-state index contributed by atoms with van der Waals surface area (Å²) in [6.45, 7) is 4.55. The Balaban J connectivity index is 5.44. The summed E-state index contributed by atoms with van der Waals surface area (Å²) >= 11 is 0. The summed E-state index contributed by atoms with van der Waals surface area (Å²) in [7, 11) is -10.00. The van der Waals surface area contributed by atoms with Gasteiger partial charge in [0.2, 0.25) is 0 Å². The van der Waals surface area contributed by atoms with Crippen LogP contribution in [0.1, 0.15) is 336 Å². The largest absolute Gasteiger partial charge is 0.472 e. The number of phosphoric acid groups is 2. The Hall–Kier alpha value is -5.32. The third-order valence-corrected chi connectivity index (χ3v) is 19.4. The molecule has 0 radical (unpaired) electrons. The van der Waals surface area contributed by atoms with Crippen molar-refractivity contribution < 1.29 is 80.2 Å². The van der Waals surface area contributed by atoms with Gasteiger partial charge in [0.15, 0.2) is 12.2 Å². The molecule has 0 rings (SSSR count). The van der Waals surface area contributed by atoms with Crippen LogP contribution in [0.25, 0.3) is 0 Å². The lowest BCUT2D eigenvalue weighted by Crippen LogP contribution is -2.30. The number of carbonyl (C=O) groups is 4. The molecule has 5 unspecified atom stereocenters. The van der Waals surface area contributed by atoms with Gasteiger partial charge in [-0.3, -0.25) is 37.3 Å². The van der Waals surface area contributed by atoms with E-state index >= 15 is 0 Å². The summed E-state index contributed by atoms with van der Waals surface area (Å²) in [6, 6.07) is 0. The number of hydrogen-bond acceptors (Lipinski definition) is 15. The second-order valence-electron chi connectivity index (χ2n) is 28.0. The van der Waals surface area contributed by atoms with E-state index in [0.29, 0.717) is 25.7 Å². The second-order valence-corrected chi connectivity index (χ2v) is 30.9. The number of carbonyl (C=O) groups excluding carboxylic acids is 4. The molecule has 5 atom stereocenters. The average Bonchev–Trinajstić information content (AvgIpc) is 0.899. The minimum atomic E-state index is -5.00. The fourth-order valence-electron chi connectivity index (χ4n) is 11.0. The first-order chi connectivity index (χ1) is 53.7. The van der Waals surface area contributed by atoms with E-state index in [4.69, 9.17) is 37.0 Å². The standard InChI is InChI=1S/C91H152O17P2/c1-5-9-13-17-21-25-29-33-37-40-42-45-48-51-55-59-63-67-71-75-88(93)101-81-86(107-90(95)77-73-69-65-61-57-53-47-36-32-28-24-20-16-12-8-4)83-105-109(97,98)103-79-85(92)80-104-110(99,100)106-84-87(108-91(96)78-74-70-66-62-58-54-50-44-39-35-31-27-23-19-15-11-7-3)82-102-89(94)76-72-68-64-60-56-52-49-46-43-41-38-34-30-26-22-18-14-10-6-2/h9,11,13,15,21-28,33-39,42-43,45-47,50,54,85-87,92H,5-8,10,12,14,16-20,29-32,40-41,44,48-49,51-53,55-84H2,1-4H3,(H,97,98)(H,99,100)/b13-9-,15-11-,25-21-,26-22-,27-23-,28-24-,37-33-,38-34-,39-35-,45-42-,46-43-,47-36-,54-50-. The zero-order valence-corrected chi connectivity index (χ0v) is 70.7. The molecule has 110 heavy (non-hydrogen) atoms. The lowest BCUT2D eigenvalue weighted by Gasteiger charge is -2.21. The Morgan fingerprint density at radius 1 is 0.264 bits per heavy atom. The molecule has 0 spiro atoms. The highest BCUT2D eigenvalue weighted by molar-refractivity contribution is 7.47. The molecule has 0 bridgehead atoms. The predicted octanol–water partition coefficient (Wildman–Crippen LogP) is 25.6. The van der Waals surface area contributed by atoms with Crippen LogP contribution in [0, 0.1) is 0 Å². The van der Waals surface area contributed by atoms with Crippen LogP contribution >= 0.6 is 15.6 Å². The SMILES string of the molecule is CC/C=C\C/C=C\C/C=C\C/C=C\CCCCCCCCC(=O)OCC(COP(=O)(O)OCC(O)COP(=O)(O)OCC(COC(=O)CCCCCCCC/C=C\C/C=C\C/C=C\CCCCC)OC(=O)CCCCCC/C=C\C/C=C\C/C=C\C/C=C\CC)OC(=O)CCCCCCC/C=C\C/C=C\CCCCC. The Morgan fingerprint density at radius 3 is 0.727 bits per heavy atom. The maximum Gasteiger partial charge on any atom is 0.472 e. The highest BCUT2D eigenvalue weighted by atomic mass is 31.2. The summed E-state index contributed by atoms with van der Waals surface area (Å²) in [6.07, 6.45) is 96.2. The van der Waals surface area contributed by atoms with E-state index in [0.717, 1.165) is 218 Å². The van der Waals surface area contributed by atoms with E-state index in [-0.39, 0.29) is 25.7 Å². The van der Waals surface area contributed by atoms with Gasteiger partial charge in [-0.05, 0) is 173 Å². The van der Waals surface area contributed by atoms with Crippen LogP contribution in [-0.4, -0.2) is 96.7 Å². The first kappa shape index (κ1) is 105. The van der Waals surface area contributed by atoms with Crippen molar-refractivity contribution in [2.45, 2.75) is 354 Å². The number of phosphoric ester groups is 2. The molecular weight excluding hydrogens is 1430 g/mol. The van der Waals surface area contributed by atoms with Crippen LogP contribution in [0.5, 0.6) is 0 Å². The van der Waals surface area contributed by atoms with Crippen molar-refractivity contribution in [1.29, 1.82) is 0 Å². The molecule has 0 amide bonds. The second kappa shape index (κ2) is 81.7. The molecule has 17 nitrogen and oxygen atoms in total. The minimum absolute atomic E-state index is 0.0590. The smallest absolute Gasteiger partial charge is 0.462 e. The van der Waals surface area contributed by atoms with Crippen molar-refractivity contribution in [2.24, 2.45) is 0 Å². The number of allylic oxidation sites excluding steroid dienone is 26. The molecule has 19 heteroatoms. The van der Waals surface area contributed by atoms with Gasteiger partial charge in [0, 0.05) is 25.7 Å². The van der Waals surface area contributed by atoms with Crippen LogP contribution in [0.3, 0.4) is 0 Å². The molecule has 0 heterocycles. The molecular formula is C91H152O17P2. The molecule has 3 N–H and O–H groups in total. The molecule has 0 saturated heterocycles. The van der Waals surface area contributed by atoms with E-state index in [9.17, 15) is 43.2 Å². The Bertz CT molecular complexity index is 2700. The number of aliphatic hydroxyl groups is 1. The molecule has 0 aliphatic carbocycles. The van der Waals surface area contributed by atoms with Crippen molar-refractivity contribution in [2.75, 3.05) is 39.6 Å². The van der Waals surface area contributed by atoms with Crippen LogP contribution in [0.4, 0.5) is 0 Å². The number of aliphatic hydroxyl groups excluding tert-OH is 1. The summed E-state index contributed by atoms with van der Waals surface area (Å²) in [5, 5.41) is 10.7. The molecule has 0 aliphatic rings. The Morgan fingerprint density at radius 2 is 0.473 bits per heavy atom. The molecule has 0 aromatic rings. The van der Waals surface area contributed by atoms with Crippen LogP contribution in [-0.2, 0) is 65.4 Å². The first-order valence-electron chi connectivity index (χ1n) is 42.7. The number of ether oxygens (including phenoxy) is 4. The third kappa shape index (κ3) is 80.7. The van der Waals surface area contributed by atoms with Gasteiger partial charge >= 0.3 is 39.5 Å². The maximum absolute atomic E-state index is 13.1. The predicted molar refractivity (Wildman–Crippen MR) is 454 cm³/mol. The molecule has 0 aliphatic heterocycles. The van der Waals surface area contributed by atoms with E-state index in [2.05, 4.69) is 186 Å². The Kier molecular flexibility index (Phi) is 77.7. The van der Waals surface area contributed by atoms with Gasteiger partial charge < -0.3 is 33.8 Å². The lowest BCUT2D eigenvalue weighted by atomic mass is 10.1.